The Kier molecular flexibility index (Phi) is 5.89. The number of carbonyl (C=O) groups excluding carboxylic acids is 2. The molecule has 1 aromatic rings. The van der Waals surface area contributed by atoms with Crippen LogP contribution in [-0.4, -0.2) is 45.2 Å². The third-order valence-corrected chi connectivity index (χ3v) is 9.23. The highest BCUT2D eigenvalue weighted by Crippen LogP contribution is 2.60. The van der Waals surface area contributed by atoms with Gasteiger partial charge < -0.3 is 10.6 Å². The molecule has 0 atom stereocenters. The maximum Gasteiger partial charge on any atom is 0.242 e. The Morgan fingerprint density at radius 3 is 2.19 bits per heavy atom. The molecule has 0 heterocycles. The van der Waals surface area contributed by atoms with E-state index in [1.807, 2.05) is 6.92 Å². The van der Waals surface area contributed by atoms with E-state index in [1.54, 1.807) is 6.07 Å². The lowest BCUT2D eigenvalue weighted by Gasteiger charge is -2.55. The second-order valence-corrected chi connectivity index (χ2v) is 12.2. The van der Waals surface area contributed by atoms with Crippen LogP contribution in [0, 0.1) is 30.1 Å². The lowest BCUT2D eigenvalue weighted by Crippen LogP contribution is -2.53. The predicted octanol–water partition coefficient (Wildman–Crippen LogP) is 2.91. The van der Waals surface area contributed by atoms with Gasteiger partial charge in [-0.25, -0.2) is 12.7 Å². The van der Waals surface area contributed by atoms with Gasteiger partial charge in [0.2, 0.25) is 21.8 Å². The van der Waals surface area contributed by atoms with Crippen molar-refractivity contribution in [3.63, 3.8) is 0 Å². The highest BCUT2D eigenvalue weighted by Gasteiger charge is 2.54. The SMILES string of the molecule is Cc1ccc(S(=O)(=O)N(C)C)cc1NC(=O)CCNC(=O)C12CC3CC(CC(C3)C1)C2. The summed E-state index contributed by atoms with van der Waals surface area (Å²) in [4.78, 5) is 25.6. The Hall–Kier alpha value is -1.93. The number of nitrogens with one attached hydrogen (secondary N) is 2. The van der Waals surface area contributed by atoms with Gasteiger partial charge in [-0.2, -0.15) is 0 Å². The van der Waals surface area contributed by atoms with Gasteiger partial charge in [0.25, 0.3) is 0 Å². The summed E-state index contributed by atoms with van der Waals surface area (Å²) in [6, 6.07) is 4.70. The molecule has 7 nitrogen and oxygen atoms in total. The first-order chi connectivity index (χ1) is 14.6. The summed E-state index contributed by atoms with van der Waals surface area (Å²) in [6.07, 6.45) is 7.03. The minimum absolute atomic E-state index is 0.120. The highest BCUT2D eigenvalue weighted by molar-refractivity contribution is 7.89. The highest BCUT2D eigenvalue weighted by atomic mass is 32.2. The van der Waals surface area contributed by atoms with Crippen LogP contribution < -0.4 is 10.6 Å². The van der Waals surface area contributed by atoms with Crippen LogP contribution in [0.4, 0.5) is 5.69 Å². The van der Waals surface area contributed by atoms with Gasteiger partial charge in [-0.3, -0.25) is 9.59 Å². The zero-order chi connectivity index (χ0) is 22.4. The minimum atomic E-state index is -3.58. The van der Waals surface area contributed by atoms with E-state index >= 15 is 0 Å². The molecule has 2 amide bonds. The molecule has 4 fully saturated rings. The fraction of sp³-hybridized carbons (Fsp3) is 0.652. The van der Waals surface area contributed by atoms with Crippen molar-refractivity contribution in [1.29, 1.82) is 0 Å². The summed E-state index contributed by atoms with van der Waals surface area (Å²) >= 11 is 0. The number of hydrogen-bond acceptors (Lipinski definition) is 4. The molecule has 0 spiro atoms. The van der Waals surface area contributed by atoms with Crippen LogP contribution in [0.2, 0.25) is 0 Å². The molecule has 2 N–H and O–H groups in total. The van der Waals surface area contributed by atoms with Gasteiger partial charge in [-0.1, -0.05) is 6.07 Å². The van der Waals surface area contributed by atoms with E-state index in [2.05, 4.69) is 10.6 Å². The van der Waals surface area contributed by atoms with Gasteiger partial charge in [-0.15, -0.1) is 0 Å². The van der Waals surface area contributed by atoms with Crippen molar-refractivity contribution in [3.05, 3.63) is 23.8 Å². The van der Waals surface area contributed by atoms with Crippen molar-refractivity contribution in [2.45, 2.75) is 56.8 Å². The Balaban J connectivity index is 1.33. The summed E-state index contributed by atoms with van der Waals surface area (Å²) in [5.74, 6) is 1.99. The number of anilines is 1. The van der Waals surface area contributed by atoms with E-state index in [0.717, 1.165) is 29.1 Å². The van der Waals surface area contributed by atoms with Crippen molar-refractivity contribution in [2.75, 3.05) is 26.0 Å². The number of nitrogens with zero attached hydrogens (tertiary/aromatic N) is 1. The molecule has 4 saturated carbocycles. The number of benzene rings is 1. The maximum absolute atomic E-state index is 13.0. The zero-order valence-corrected chi connectivity index (χ0v) is 19.4. The normalized spacial score (nSPS) is 29.2. The topological polar surface area (TPSA) is 95.6 Å². The summed E-state index contributed by atoms with van der Waals surface area (Å²) in [5.41, 5.74) is 1.04. The number of aryl methyl sites for hydroxylation is 1. The molecular formula is C23H33N3O4S. The lowest BCUT2D eigenvalue weighted by molar-refractivity contribution is -0.146. The predicted molar refractivity (Wildman–Crippen MR) is 119 cm³/mol. The standard InChI is InChI=1S/C23H33N3O4S/c1-15-4-5-19(31(29,30)26(2)3)11-20(15)25-21(27)6-7-24-22(28)23-12-16-8-17(13-23)10-18(9-16)14-23/h4-5,11,16-18H,6-10,12-14H2,1-3H3,(H,24,28)(H,25,27). The van der Waals surface area contributed by atoms with E-state index in [1.165, 1.54) is 45.5 Å². The maximum atomic E-state index is 13.0. The molecule has 0 aromatic heterocycles. The Bertz CT molecular complexity index is 951. The number of rotatable bonds is 7. The number of sulfonamides is 1. The first-order valence-corrected chi connectivity index (χ1v) is 12.6. The van der Waals surface area contributed by atoms with E-state index in [-0.39, 0.29) is 28.5 Å². The number of hydrogen-bond donors (Lipinski definition) is 2. The third kappa shape index (κ3) is 4.37. The summed E-state index contributed by atoms with van der Waals surface area (Å²) in [6.45, 7) is 2.11. The fourth-order valence-corrected chi connectivity index (χ4v) is 7.11. The molecule has 0 radical (unpaired) electrons. The average molecular weight is 448 g/mol. The molecule has 4 aliphatic carbocycles. The largest absolute Gasteiger partial charge is 0.355 e. The molecule has 0 saturated heterocycles. The average Bonchev–Trinajstić information content (AvgIpc) is 2.68. The van der Waals surface area contributed by atoms with E-state index in [4.69, 9.17) is 0 Å². The zero-order valence-electron chi connectivity index (χ0n) is 18.6. The van der Waals surface area contributed by atoms with Crippen LogP contribution in [-0.2, 0) is 19.6 Å². The van der Waals surface area contributed by atoms with Gasteiger partial charge in [0.1, 0.15) is 0 Å². The van der Waals surface area contributed by atoms with Gasteiger partial charge >= 0.3 is 0 Å². The van der Waals surface area contributed by atoms with Crippen LogP contribution in [0.5, 0.6) is 0 Å². The molecule has 1 aromatic carbocycles. The first kappa shape index (κ1) is 22.3. The summed E-state index contributed by atoms with van der Waals surface area (Å²) in [5, 5.41) is 5.82. The van der Waals surface area contributed by atoms with Crippen LogP contribution in [0.1, 0.15) is 50.5 Å². The molecule has 8 heteroatoms. The lowest BCUT2D eigenvalue weighted by atomic mass is 9.49. The van der Waals surface area contributed by atoms with E-state index < -0.39 is 10.0 Å². The molecular weight excluding hydrogens is 414 g/mol. The Labute approximate surface area is 185 Å². The monoisotopic (exact) mass is 447 g/mol. The minimum Gasteiger partial charge on any atom is -0.355 e. The van der Waals surface area contributed by atoms with Crippen molar-refractivity contribution in [2.24, 2.45) is 23.2 Å². The van der Waals surface area contributed by atoms with Crippen LogP contribution in [0.25, 0.3) is 0 Å². The second kappa shape index (κ2) is 8.20. The Morgan fingerprint density at radius 1 is 1.06 bits per heavy atom. The molecule has 0 aliphatic heterocycles. The van der Waals surface area contributed by atoms with Crippen LogP contribution in [0.3, 0.4) is 0 Å². The molecule has 4 bridgehead atoms. The van der Waals surface area contributed by atoms with Crippen LogP contribution >= 0.6 is 0 Å². The van der Waals surface area contributed by atoms with Gasteiger partial charge in [-0.05, 0) is 80.9 Å². The van der Waals surface area contributed by atoms with Gasteiger partial charge in [0.05, 0.1) is 4.90 Å². The Morgan fingerprint density at radius 2 is 1.65 bits per heavy atom. The molecule has 170 valence electrons. The van der Waals surface area contributed by atoms with E-state index in [0.29, 0.717) is 30.0 Å². The quantitative estimate of drug-likeness (QED) is 0.672. The van der Waals surface area contributed by atoms with Crippen molar-refractivity contribution in [3.8, 4) is 0 Å². The van der Waals surface area contributed by atoms with Crippen molar-refractivity contribution < 1.29 is 18.0 Å². The van der Waals surface area contributed by atoms with Crippen LogP contribution in [0.15, 0.2) is 23.1 Å². The molecule has 31 heavy (non-hydrogen) atoms. The first-order valence-electron chi connectivity index (χ1n) is 11.2. The smallest absolute Gasteiger partial charge is 0.242 e. The molecule has 5 rings (SSSR count). The number of amides is 2. The summed E-state index contributed by atoms with van der Waals surface area (Å²) in [7, 11) is -0.633. The fourth-order valence-electron chi connectivity index (χ4n) is 6.19. The molecule has 4 aliphatic rings. The van der Waals surface area contributed by atoms with Crippen molar-refractivity contribution >= 4 is 27.5 Å². The second-order valence-electron chi connectivity index (χ2n) is 10.0. The van der Waals surface area contributed by atoms with Gasteiger partial charge in [0, 0.05) is 38.2 Å². The molecule has 0 unspecified atom stereocenters. The van der Waals surface area contributed by atoms with Crippen molar-refractivity contribution in [1.82, 2.24) is 9.62 Å². The van der Waals surface area contributed by atoms with Gasteiger partial charge in [0.15, 0.2) is 0 Å². The van der Waals surface area contributed by atoms with E-state index in [9.17, 15) is 18.0 Å². The third-order valence-electron chi connectivity index (χ3n) is 7.42. The summed E-state index contributed by atoms with van der Waals surface area (Å²) < 4.78 is 25.9. The number of carbonyl (C=O) groups is 2.